The summed E-state index contributed by atoms with van der Waals surface area (Å²) in [5.41, 5.74) is 5.93. The van der Waals surface area contributed by atoms with Gasteiger partial charge >= 0.3 is 0 Å². The Morgan fingerprint density at radius 2 is 1.84 bits per heavy atom. The van der Waals surface area contributed by atoms with Crippen molar-refractivity contribution in [3.05, 3.63) is 0 Å². The van der Waals surface area contributed by atoms with Crippen LogP contribution >= 0.6 is 0 Å². The number of carbonyl (C=O) groups excluding carboxylic acids is 1. The van der Waals surface area contributed by atoms with Gasteiger partial charge in [0, 0.05) is 25.1 Å². The van der Waals surface area contributed by atoms with Gasteiger partial charge < -0.3 is 16.2 Å². The molecule has 2 saturated carbocycles. The topological polar surface area (TPSA) is 75.4 Å². The zero-order chi connectivity index (χ0) is 13.7. The predicted octanol–water partition coefficient (Wildman–Crippen LogP) is 1.42. The Morgan fingerprint density at radius 3 is 2.53 bits per heavy atom. The summed E-state index contributed by atoms with van der Waals surface area (Å²) in [6.07, 6.45) is 8.62. The van der Waals surface area contributed by atoms with Crippen LogP contribution in [0, 0.1) is 17.8 Å². The minimum atomic E-state index is 0.111. The van der Waals surface area contributed by atoms with E-state index < -0.39 is 0 Å². The van der Waals surface area contributed by atoms with E-state index in [-0.39, 0.29) is 24.5 Å². The summed E-state index contributed by atoms with van der Waals surface area (Å²) in [7, 11) is 0. The van der Waals surface area contributed by atoms with Gasteiger partial charge in [0.05, 0.1) is 0 Å². The average molecular weight is 268 g/mol. The van der Waals surface area contributed by atoms with E-state index in [9.17, 15) is 9.90 Å². The van der Waals surface area contributed by atoms with E-state index in [1.165, 1.54) is 12.8 Å². The first-order chi connectivity index (χ1) is 9.20. The molecule has 4 nitrogen and oxygen atoms in total. The van der Waals surface area contributed by atoms with Gasteiger partial charge in [-0.05, 0) is 43.9 Å². The van der Waals surface area contributed by atoms with Crippen LogP contribution in [0.4, 0.5) is 0 Å². The van der Waals surface area contributed by atoms with Gasteiger partial charge in [0.2, 0.25) is 5.91 Å². The Labute approximate surface area is 116 Å². The molecular weight excluding hydrogens is 240 g/mol. The first-order valence-corrected chi connectivity index (χ1v) is 7.85. The van der Waals surface area contributed by atoms with Crippen LogP contribution in [0.3, 0.4) is 0 Å². The van der Waals surface area contributed by atoms with Crippen LogP contribution in [0.1, 0.15) is 51.4 Å². The molecule has 1 amide bonds. The quantitative estimate of drug-likeness (QED) is 0.722. The summed E-state index contributed by atoms with van der Waals surface area (Å²) in [5.74, 6) is 1.12. The summed E-state index contributed by atoms with van der Waals surface area (Å²) >= 11 is 0. The molecule has 0 aromatic rings. The molecule has 0 spiro atoms. The number of amides is 1. The van der Waals surface area contributed by atoms with Crippen LogP contribution in [0.2, 0.25) is 0 Å². The van der Waals surface area contributed by atoms with Crippen molar-refractivity contribution < 1.29 is 9.90 Å². The molecule has 0 aliphatic heterocycles. The number of hydrogen-bond acceptors (Lipinski definition) is 3. The number of hydrogen-bond donors (Lipinski definition) is 3. The Morgan fingerprint density at radius 1 is 1.11 bits per heavy atom. The van der Waals surface area contributed by atoms with Crippen molar-refractivity contribution in [2.24, 2.45) is 23.5 Å². The molecule has 4 heteroatoms. The monoisotopic (exact) mass is 268 g/mol. The predicted molar refractivity (Wildman–Crippen MR) is 75.5 cm³/mol. The van der Waals surface area contributed by atoms with Crippen LogP contribution in [0.25, 0.3) is 0 Å². The van der Waals surface area contributed by atoms with Crippen LogP contribution in [0.15, 0.2) is 0 Å². The normalized spacial score (nSPS) is 35.9. The van der Waals surface area contributed by atoms with Gasteiger partial charge in [-0.3, -0.25) is 4.79 Å². The largest absolute Gasteiger partial charge is 0.396 e. The SMILES string of the molecule is NC1CCCC(C(=O)NCC2CCCCC2CO)C1. The summed E-state index contributed by atoms with van der Waals surface area (Å²) in [4.78, 5) is 12.2. The van der Waals surface area contributed by atoms with Crippen LogP contribution in [0.5, 0.6) is 0 Å². The summed E-state index contributed by atoms with van der Waals surface area (Å²) < 4.78 is 0. The van der Waals surface area contributed by atoms with Gasteiger partial charge in [0.15, 0.2) is 0 Å². The fourth-order valence-electron chi connectivity index (χ4n) is 3.64. The zero-order valence-electron chi connectivity index (χ0n) is 11.8. The molecule has 0 aromatic heterocycles. The molecular formula is C15H28N2O2. The molecule has 2 aliphatic carbocycles. The molecule has 19 heavy (non-hydrogen) atoms. The highest BCUT2D eigenvalue weighted by Crippen LogP contribution is 2.29. The number of aliphatic hydroxyl groups excluding tert-OH is 1. The molecule has 2 fully saturated rings. The molecule has 0 heterocycles. The summed E-state index contributed by atoms with van der Waals surface area (Å²) in [5, 5.41) is 12.5. The van der Waals surface area contributed by atoms with Gasteiger partial charge in [-0.25, -0.2) is 0 Å². The van der Waals surface area contributed by atoms with Crippen LogP contribution in [-0.2, 0) is 4.79 Å². The molecule has 2 aliphatic rings. The Balaban J connectivity index is 1.75. The van der Waals surface area contributed by atoms with Crippen molar-refractivity contribution in [2.75, 3.05) is 13.2 Å². The highest BCUT2D eigenvalue weighted by atomic mass is 16.3. The molecule has 110 valence electrons. The van der Waals surface area contributed by atoms with E-state index in [1.807, 2.05) is 0 Å². The molecule has 0 bridgehead atoms. The fraction of sp³-hybridized carbons (Fsp3) is 0.933. The fourth-order valence-corrected chi connectivity index (χ4v) is 3.64. The van der Waals surface area contributed by atoms with E-state index in [0.717, 1.165) is 45.1 Å². The zero-order valence-corrected chi connectivity index (χ0v) is 11.8. The van der Waals surface area contributed by atoms with E-state index in [0.29, 0.717) is 11.8 Å². The molecule has 4 atom stereocenters. The lowest BCUT2D eigenvalue weighted by atomic mass is 9.79. The molecule has 4 unspecified atom stereocenters. The number of nitrogens with two attached hydrogens (primary N) is 1. The van der Waals surface area contributed by atoms with Crippen molar-refractivity contribution in [1.29, 1.82) is 0 Å². The van der Waals surface area contributed by atoms with Crippen molar-refractivity contribution in [1.82, 2.24) is 5.32 Å². The van der Waals surface area contributed by atoms with Crippen molar-refractivity contribution in [3.63, 3.8) is 0 Å². The highest BCUT2D eigenvalue weighted by Gasteiger charge is 2.28. The van der Waals surface area contributed by atoms with Crippen molar-refractivity contribution >= 4 is 5.91 Å². The third kappa shape index (κ3) is 4.18. The molecule has 0 radical (unpaired) electrons. The van der Waals surface area contributed by atoms with E-state index in [2.05, 4.69) is 5.32 Å². The third-order valence-electron chi connectivity index (χ3n) is 4.93. The van der Waals surface area contributed by atoms with Gasteiger partial charge in [-0.15, -0.1) is 0 Å². The van der Waals surface area contributed by atoms with E-state index in [4.69, 9.17) is 5.73 Å². The number of nitrogens with one attached hydrogen (secondary N) is 1. The van der Waals surface area contributed by atoms with E-state index >= 15 is 0 Å². The lowest BCUT2D eigenvalue weighted by molar-refractivity contribution is -0.126. The number of rotatable bonds is 4. The number of carbonyl (C=O) groups is 1. The molecule has 2 rings (SSSR count). The Hall–Kier alpha value is -0.610. The Kier molecular flexibility index (Phi) is 5.64. The lowest BCUT2D eigenvalue weighted by Crippen LogP contribution is -2.41. The van der Waals surface area contributed by atoms with Crippen molar-refractivity contribution in [2.45, 2.75) is 57.4 Å². The minimum Gasteiger partial charge on any atom is -0.396 e. The minimum absolute atomic E-state index is 0.111. The standard InChI is InChI=1S/C15H28N2O2/c16-14-7-3-6-11(8-14)15(19)17-9-12-4-1-2-5-13(12)10-18/h11-14,18H,1-10,16H2,(H,17,19). The van der Waals surface area contributed by atoms with Gasteiger partial charge in [-0.1, -0.05) is 19.3 Å². The average Bonchev–Trinajstić information content (AvgIpc) is 2.45. The summed E-state index contributed by atoms with van der Waals surface area (Å²) in [6, 6.07) is 0.198. The maximum atomic E-state index is 12.2. The second-order valence-corrected chi connectivity index (χ2v) is 6.36. The number of aliphatic hydroxyl groups is 1. The molecule has 4 N–H and O–H groups in total. The lowest BCUT2D eigenvalue weighted by Gasteiger charge is -2.31. The highest BCUT2D eigenvalue weighted by molar-refractivity contribution is 5.78. The molecule has 0 aromatic carbocycles. The first kappa shape index (κ1) is 14.8. The summed E-state index contributed by atoms with van der Waals surface area (Å²) in [6.45, 7) is 0.991. The van der Waals surface area contributed by atoms with Crippen LogP contribution in [-0.4, -0.2) is 30.2 Å². The Bertz CT molecular complexity index is 296. The maximum absolute atomic E-state index is 12.2. The van der Waals surface area contributed by atoms with E-state index in [1.54, 1.807) is 0 Å². The van der Waals surface area contributed by atoms with Crippen LogP contribution < -0.4 is 11.1 Å². The van der Waals surface area contributed by atoms with Gasteiger partial charge in [-0.2, -0.15) is 0 Å². The second kappa shape index (κ2) is 7.25. The molecule has 0 saturated heterocycles. The maximum Gasteiger partial charge on any atom is 0.223 e. The second-order valence-electron chi connectivity index (χ2n) is 6.36. The van der Waals surface area contributed by atoms with Gasteiger partial charge in [0.1, 0.15) is 0 Å². The first-order valence-electron chi connectivity index (χ1n) is 7.85. The van der Waals surface area contributed by atoms with Crippen molar-refractivity contribution in [3.8, 4) is 0 Å². The van der Waals surface area contributed by atoms with Gasteiger partial charge in [0.25, 0.3) is 0 Å². The third-order valence-corrected chi connectivity index (χ3v) is 4.93. The smallest absolute Gasteiger partial charge is 0.223 e.